The molecule has 2 aliphatic heterocycles. The van der Waals surface area contributed by atoms with E-state index < -0.39 is 35.9 Å². The highest BCUT2D eigenvalue weighted by atomic mass is 35.5. The van der Waals surface area contributed by atoms with Gasteiger partial charge in [-0.25, -0.2) is 9.78 Å². The number of ether oxygens (including phenoxy) is 2. The van der Waals surface area contributed by atoms with Crippen LogP contribution in [0.2, 0.25) is 0 Å². The van der Waals surface area contributed by atoms with Crippen LogP contribution in [-0.4, -0.2) is 52.1 Å². The number of alkyl halides is 3. The monoisotopic (exact) mass is 453 g/mol. The van der Waals surface area contributed by atoms with Gasteiger partial charge < -0.3 is 25.1 Å². The largest absolute Gasteiger partial charge is 0.491 e. The number of primary amides is 1. The Hall–Kier alpha value is -3.30. The van der Waals surface area contributed by atoms with Crippen molar-refractivity contribution in [1.29, 1.82) is 0 Å². The van der Waals surface area contributed by atoms with E-state index in [2.05, 4.69) is 10.3 Å². The summed E-state index contributed by atoms with van der Waals surface area (Å²) in [5.41, 5.74) is 6.50. The van der Waals surface area contributed by atoms with Gasteiger partial charge in [-0.2, -0.15) is 8.78 Å². The second-order valence-corrected chi connectivity index (χ2v) is 7.59. The van der Waals surface area contributed by atoms with Crippen LogP contribution in [0.4, 0.5) is 20.3 Å². The second kappa shape index (κ2) is 7.75. The van der Waals surface area contributed by atoms with Crippen molar-refractivity contribution in [2.45, 2.75) is 30.9 Å². The van der Waals surface area contributed by atoms with Crippen molar-refractivity contribution >= 4 is 35.0 Å². The number of amides is 1. The molecule has 2 aromatic rings. The van der Waals surface area contributed by atoms with Gasteiger partial charge in [0.25, 0.3) is 5.88 Å². The number of rotatable bonds is 5. The molecule has 1 fully saturated rings. The van der Waals surface area contributed by atoms with Gasteiger partial charge in [-0.15, -0.1) is 0 Å². The lowest BCUT2D eigenvalue weighted by molar-refractivity contribution is -0.118. The molecule has 9 nitrogen and oxygen atoms in total. The third-order valence-corrected chi connectivity index (χ3v) is 5.26. The van der Waals surface area contributed by atoms with Gasteiger partial charge >= 0.3 is 5.38 Å². The molecule has 0 bridgehead atoms. The Morgan fingerprint density at radius 2 is 2.23 bits per heavy atom. The molecule has 0 aliphatic carbocycles. The van der Waals surface area contributed by atoms with Crippen molar-refractivity contribution in [1.82, 2.24) is 9.55 Å². The van der Waals surface area contributed by atoms with E-state index in [1.54, 1.807) is 29.7 Å². The van der Waals surface area contributed by atoms with E-state index in [9.17, 15) is 18.4 Å². The molecule has 1 amide bonds. The van der Waals surface area contributed by atoms with Crippen LogP contribution in [0.25, 0.3) is 11.4 Å². The van der Waals surface area contributed by atoms with Gasteiger partial charge in [-0.1, -0.05) is 0 Å². The molecular weight excluding hydrogens is 436 g/mol. The molecule has 0 unspecified atom stereocenters. The average molecular weight is 454 g/mol. The third kappa shape index (κ3) is 3.89. The van der Waals surface area contributed by atoms with Gasteiger partial charge in [0.05, 0.1) is 12.1 Å². The van der Waals surface area contributed by atoms with Crippen LogP contribution in [0.15, 0.2) is 30.3 Å². The summed E-state index contributed by atoms with van der Waals surface area (Å²) in [5.74, 6) is 1.62. The van der Waals surface area contributed by atoms with E-state index in [1.165, 1.54) is 12.1 Å². The first-order valence-electron chi connectivity index (χ1n) is 9.33. The fraction of sp³-hybridized carbons (Fsp3) is 0.368. The molecule has 1 aromatic carbocycles. The zero-order valence-electron chi connectivity index (χ0n) is 16.3. The number of hydrogen-bond donors (Lipinski definition) is 2. The molecule has 2 atom stereocenters. The van der Waals surface area contributed by atoms with Gasteiger partial charge in [0, 0.05) is 18.0 Å². The maximum atomic E-state index is 13.9. The van der Waals surface area contributed by atoms with Crippen molar-refractivity contribution in [2.75, 3.05) is 23.4 Å². The van der Waals surface area contributed by atoms with Gasteiger partial charge in [-0.3, -0.25) is 9.69 Å². The summed E-state index contributed by atoms with van der Waals surface area (Å²) in [6.07, 6.45) is 1.52. The molecule has 31 heavy (non-hydrogen) atoms. The van der Waals surface area contributed by atoms with Crippen molar-refractivity contribution < 1.29 is 27.8 Å². The number of benzene rings is 1. The quantitative estimate of drug-likeness (QED) is 0.525. The first kappa shape index (κ1) is 21.0. The highest BCUT2D eigenvalue weighted by molar-refractivity contribution is 6.22. The first-order valence-corrected chi connectivity index (χ1v) is 9.71. The molecule has 1 aromatic heterocycles. The van der Waals surface area contributed by atoms with E-state index in [1.807, 2.05) is 0 Å². The van der Waals surface area contributed by atoms with E-state index >= 15 is 0 Å². The fourth-order valence-electron chi connectivity index (χ4n) is 3.42. The van der Waals surface area contributed by atoms with Gasteiger partial charge in [0.15, 0.2) is 17.8 Å². The summed E-state index contributed by atoms with van der Waals surface area (Å²) in [6.45, 7) is 1.82. The van der Waals surface area contributed by atoms with Gasteiger partial charge in [0.2, 0.25) is 5.91 Å². The maximum Gasteiger partial charge on any atom is 0.345 e. The summed E-state index contributed by atoms with van der Waals surface area (Å²) in [6, 6.07) is 2.95. The number of nitrogens with two attached hydrogens (primary N) is 1. The zero-order valence-corrected chi connectivity index (χ0v) is 17.0. The first-order chi connectivity index (χ1) is 14.7. The summed E-state index contributed by atoms with van der Waals surface area (Å²) in [5, 5.41) is -0.684. The summed E-state index contributed by atoms with van der Waals surface area (Å²) < 4.78 is 40.3. The van der Waals surface area contributed by atoms with Gasteiger partial charge in [0.1, 0.15) is 30.8 Å². The van der Waals surface area contributed by atoms with Crippen LogP contribution < -0.4 is 20.7 Å². The van der Waals surface area contributed by atoms with E-state index in [0.29, 0.717) is 29.4 Å². The number of halogens is 3. The molecule has 12 heteroatoms. The number of anilines is 2. The Morgan fingerprint density at radius 1 is 1.45 bits per heavy atom. The maximum absolute atomic E-state index is 13.9. The molecule has 0 saturated carbocycles. The molecule has 2 aliphatic rings. The number of aromatic nitrogens is 2. The van der Waals surface area contributed by atoms with Gasteiger partial charge in [-0.05, 0) is 30.7 Å². The fourth-order valence-corrected chi connectivity index (χ4v) is 3.58. The molecule has 4 rings (SSSR count). The van der Waals surface area contributed by atoms with Crippen molar-refractivity contribution in [2.24, 2.45) is 5.73 Å². The molecule has 1 saturated heterocycles. The highest BCUT2D eigenvalue weighted by Gasteiger charge is 2.49. The minimum atomic E-state index is -3.65. The molecule has 3 N–H and O–H groups in total. The Balaban J connectivity index is 1.72. The van der Waals surface area contributed by atoms with E-state index in [4.69, 9.17) is 26.8 Å². The summed E-state index contributed by atoms with van der Waals surface area (Å²) in [4.78, 5) is 27.9. The Kier molecular flexibility index (Phi) is 5.24. The predicted octanol–water partition coefficient (Wildman–Crippen LogP) is 1.94. The zero-order chi connectivity index (χ0) is 22.3. The summed E-state index contributed by atoms with van der Waals surface area (Å²) >= 11 is 5.23. The smallest absolute Gasteiger partial charge is 0.345 e. The number of nitrogens with one attached hydrogen (secondary N) is 1. The van der Waals surface area contributed by atoms with E-state index in [0.717, 1.165) is 4.90 Å². The predicted molar refractivity (Wildman–Crippen MR) is 108 cm³/mol. The Morgan fingerprint density at radius 3 is 2.90 bits per heavy atom. The number of fused-ring (bicyclic) bond motifs is 3. The number of carbonyl (C=O) groups excluding carboxylic acids is 2. The Labute approximate surface area is 180 Å². The molecule has 164 valence electrons. The molecule has 0 spiro atoms. The van der Waals surface area contributed by atoms with Crippen molar-refractivity contribution in [3.05, 3.63) is 30.3 Å². The second-order valence-electron chi connectivity index (χ2n) is 7.09. The minimum absolute atomic E-state index is 0.0774. The van der Waals surface area contributed by atoms with Crippen LogP contribution in [0.5, 0.6) is 5.75 Å². The topological polar surface area (TPSA) is 112 Å². The standard InChI is InChI=1S/C19H18ClF2N5O4/c1-10(17(23)29)24-11-2-3-12-13(6-11)30-5-4-26-7-15(25-18(12)26)27-14(19(20,21)22)9-31-16(27)8-28/h2-3,6-7,10,14,24H,4-5,9H2,1H3,(H2,23,29)/t10-,14-/m0/s1. The molecular formula is C19H18ClF2N5O4. The highest BCUT2D eigenvalue weighted by Crippen LogP contribution is 2.40. The normalized spacial score (nSPS) is 18.8. The number of nitrogens with zero attached hydrogens (tertiary/aromatic N) is 3. The van der Waals surface area contributed by atoms with Crippen LogP contribution in [0, 0.1) is 0 Å². The molecule has 0 radical (unpaired) electrons. The number of imidazole rings is 1. The van der Waals surface area contributed by atoms with Crippen molar-refractivity contribution in [3.63, 3.8) is 0 Å². The number of carbonyl (C=O) groups is 1. The third-order valence-electron chi connectivity index (χ3n) is 5.01. The van der Waals surface area contributed by atoms with Crippen LogP contribution >= 0.6 is 11.6 Å². The number of hydrogen-bond acceptors (Lipinski definition) is 7. The summed E-state index contributed by atoms with van der Waals surface area (Å²) in [7, 11) is 0. The SMILES string of the molecule is C[C@H](Nc1ccc2c(c1)OCCn1cc(N3C(=C=O)OC[C@H]3C(F)(F)Cl)nc1-2)C(N)=O. The van der Waals surface area contributed by atoms with Crippen molar-refractivity contribution in [3.8, 4) is 17.1 Å². The lowest BCUT2D eigenvalue weighted by Crippen LogP contribution is -2.42. The molecule has 3 heterocycles. The average Bonchev–Trinajstić information content (AvgIpc) is 3.28. The lowest BCUT2D eigenvalue weighted by atomic mass is 10.1. The van der Waals surface area contributed by atoms with E-state index in [-0.39, 0.29) is 12.4 Å². The van der Waals surface area contributed by atoms with Crippen LogP contribution in [0.1, 0.15) is 6.92 Å². The van der Waals surface area contributed by atoms with Crippen LogP contribution in [0.3, 0.4) is 0 Å². The lowest BCUT2D eigenvalue weighted by Gasteiger charge is -2.23. The minimum Gasteiger partial charge on any atom is -0.491 e. The Bertz CT molecular complexity index is 1080. The van der Waals surface area contributed by atoms with Crippen LogP contribution in [-0.2, 0) is 20.9 Å².